The summed E-state index contributed by atoms with van der Waals surface area (Å²) in [6.07, 6.45) is 9.26. The second-order valence-electron chi connectivity index (χ2n) is 5.95. The molecule has 0 unspecified atom stereocenters. The third kappa shape index (κ3) is 8.20. The third-order valence-electron chi connectivity index (χ3n) is 3.95. The lowest BCUT2D eigenvalue weighted by atomic mass is 10.2. The Morgan fingerprint density at radius 1 is 1.19 bits per heavy atom. The zero-order valence-electron chi connectivity index (χ0n) is 15.8. The Bertz CT molecular complexity index is 611. The van der Waals surface area contributed by atoms with E-state index in [1.807, 2.05) is 12.1 Å². The molecule has 0 aromatic carbocycles. The van der Waals surface area contributed by atoms with E-state index in [0.29, 0.717) is 6.54 Å². The van der Waals surface area contributed by atoms with Gasteiger partial charge in [-0.1, -0.05) is 33.1 Å². The second kappa shape index (κ2) is 13.6. The SMILES string of the molecule is CCCCCCNC(=NCc1ccco1)NCCn1cnnc1CC.I. The number of unbranched alkanes of at least 4 members (excludes halogenated alkanes) is 3. The van der Waals surface area contributed by atoms with Crippen LogP contribution in [-0.4, -0.2) is 33.8 Å². The molecule has 0 saturated carbocycles. The number of rotatable bonds is 11. The number of hydrogen-bond donors (Lipinski definition) is 2. The number of hydrogen-bond acceptors (Lipinski definition) is 4. The molecule has 26 heavy (non-hydrogen) atoms. The Labute approximate surface area is 173 Å². The average Bonchev–Trinajstić information content (AvgIpc) is 3.30. The Hall–Kier alpha value is -1.58. The van der Waals surface area contributed by atoms with Crippen molar-refractivity contribution in [2.24, 2.45) is 4.99 Å². The Morgan fingerprint density at radius 2 is 2.04 bits per heavy atom. The lowest BCUT2D eigenvalue weighted by Gasteiger charge is -2.13. The molecule has 7 nitrogen and oxygen atoms in total. The molecule has 0 bridgehead atoms. The first-order valence-corrected chi connectivity index (χ1v) is 9.24. The number of aryl methyl sites for hydroxylation is 1. The summed E-state index contributed by atoms with van der Waals surface area (Å²) in [6, 6.07) is 3.82. The van der Waals surface area contributed by atoms with E-state index in [2.05, 4.69) is 44.2 Å². The molecule has 0 aliphatic rings. The van der Waals surface area contributed by atoms with E-state index in [-0.39, 0.29) is 24.0 Å². The maximum Gasteiger partial charge on any atom is 0.191 e. The maximum absolute atomic E-state index is 5.35. The van der Waals surface area contributed by atoms with Gasteiger partial charge in [-0.25, -0.2) is 4.99 Å². The number of aromatic nitrogens is 3. The van der Waals surface area contributed by atoms with Crippen molar-refractivity contribution in [3.05, 3.63) is 36.3 Å². The molecule has 0 atom stereocenters. The van der Waals surface area contributed by atoms with Crippen molar-refractivity contribution in [2.45, 2.75) is 59.0 Å². The zero-order chi connectivity index (χ0) is 17.7. The van der Waals surface area contributed by atoms with Crippen LogP contribution in [0.25, 0.3) is 0 Å². The van der Waals surface area contributed by atoms with Gasteiger partial charge in [-0.3, -0.25) is 0 Å². The molecule has 0 saturated heterocycles. The number of aliphatic imine (C=N–C) groups is 1. The van der Waals surface area contributed by atoms with E-state index in [0.717, 1.165) is 50.0 Å². The molecule has 2 aromatic rings. The minimum absolute atomic E-state index is 0. The summed E-state index contributed by atoms with van der Waals surface area (Å²) in [7, 11) is 0. The Morgan fingerprint density at radius 3 is 2.77 bits per heavy atom. The van der Waals surface area contributed by atoms with E-state index in [9.17, 15) is 0 Å². The van der Waals surface area contributed by atoms with Gasteiger partial charge in [-0.05, 0) is 18.6 Å². The molecule has 2 N–H and O–H groups in total. The number of halogens is 1. The standard InChI is InChI=1S/C18H30N6O.HI/c1-3-5-6-7-10-19-18(21-14-16-9-8-13-25-16)20-11-12-24-15-22-23-17(24)4-2;/h8-9,13,15H,3-7,10-12,14H2,1-2H3,(H2,19,20,21);1H. The topological polar surface area (TPSA) is 80.3 Å². The predicted molar refractivity (Wildman–Crippen MR) is 115 cm³/mol. The van der Waals surface area contributed by atoms with Crippen LogP contribution in [0.3, 0.4) is 0 Å². The second-order valence-corrected chi connectivity index (χ2v) is 5.95. The summed E-state index contributed by atoms with van der Waals surface area (Å²) in [5, 5.41) is 14.9. The molecule has 0 fully saturated rings. The third-order valence-corrected chi connectivity index (χ3v) is 3.95. The van der Waals surface area contributed by atoms with E-state index in [1.54, 1.807) is 12.6 Å². The van der Waals surface area contributed by atoms with Crippen molar-refractivity contribution in [2.75, 3.05) is 13.1 Å². The molecule has 0 amide bonds. The van der Waals surface area contributed by atoms with Gasteiger partial charge in [-0.15, -0.1) is 34.2 Å². The molecule has 0 aliphatic heterocycles. The fourth-order valence-electron chi connectivity index (χ4n) is 2.53. The van der Waals surface area contributed by atoms with Crippen molar-refractivity contribution in [1.29, 1.82) is 0 Å². The van der Waals surface area contributed by atoms with Crippen LogP contribution in [0.4, 0.5) is 0 Å². The lowest BCUT2D eigenvalue weighted by molar-refractivity contribution is 0.511. The van der Waals surface area contributed by atoms with Gasteiger partial charge in [0.25, 0.3) is 0 Å². The van der Waals surface area contributed by atoms with E-state index < -0.39 is 0 Å². The van der Waals surface area contributed by atoms with Crippen LogP contribution in [-0.2, 0) is 19.5 Å². The normalized spacial score (nSPS) is 11.2. The highest BCUT2D eigenvalue weighted by molar-refractivity contribution is 14.0. The fraction of sp³-hybridized carbons (Fsp3) is 0.611. The van der Waals surface area contributed by atoms with Gasteiger partial charge in [0.05, 0.1) is 6.26 Å². The Balaban J connectivity index is 0.00000338. The summed E-state index contributed by atoms with van der Waals surface area (Å²) >= 11 is 0. The van der Waals surface area contributed by atoms with Gasteiger partial charge in [0.15, 0.2) is 5.96 Å². The monoisotopic (exact) mass is 474 g/mol. The van der Waals surface area contributed by atoms with Gasteiger partial charge >= 0.3 is 0 Å². The highest BCUT2D eigenvalue weighted by Gasteiger charge is 2.03. The van der Waals surface area contributed by atoms with E-state index in [1.165, 1.54) is 19.3 Å². The van der Waals surface area contributed by atoms with Crippen molar-refractivity contribution < 1.29 is 4.42 Å². The van der Waals surface area contributed by atoms with Crippen LogP contribution in [0, 0.1) is 0 Å². The van der Waals surface area contributed by atoms with E-state index >= 15 is 0 Å². The highest BCUT2D eigenvalue weighted by Crippen LogP contribution is 2.01. The molecular weight excluding hydrogens is 443 g/mol. The quantitative estimate of drug-likeness (QED) is 0.226. The van der Waals surface area contributed by atoms with Gasteiger partial charge in [0, 0.05) is 26.1 Å². The maximum atomic E-state index is 5.35. The van der Waals surface area contributed by atoms with Crippen molar-refractivity contribution in [3.63, 3.8) is 0 Å². The first-order valence-electron chi connectivity index (χ1n) is 9.24. The van der Waals surface area contributed by atoms with Crippen LogP contribution >= 0.6 is 24.0 Å². The van der Waals surface area contributed by atoms with Crippen molar-refractivity contribution in [3.8, 4) is 0 Å². The molecule has 2 rings (SSSR count). The van der Waals surface area contributed by atoms with Gasteiger partial charge < -0.3 is 19.6 Å². The summed E-state index contributed by atoms with van der Waals surface area (Å²) < 4.78 is 7.42. The summed E-state index contributed by atoms with van der Waals surface area (Å²) in [6.45, 7) is 7.35. The molecule has 8 heteroatoms. The van der Waals surface area contributed by atoms with Crippen LogP contribution < -0.4 is 10.6 Å². The smallest absolute Gasteiger partial charge is 0.191 e. The minimum Gasteiger partial charge on any atom is -0.467 e. The first-order chi connectivity index (χ1) is 12.3. The largest absolute Gasteiger partial charge is 0.467 e. The van der Waals surface area contributed by atoms with Crippen molar-refractivity contribution in [1.82, 2.24) is 25.4 Å². The number of nitrogens with one attached hydrogen (secondary N) is 2. The molecule has 0 aliphatic carbocycles. The molecule has 0 spiro atoms. The van der Waals surface area contributed by atoms with Crippen molar-refractivity contribution >= 4 is 29.9 Å². The highest BCUT2D eigenvalue weighted by atomic mass is 127. The van der Waals surface area contributed by atoms with Gasteiger partial charge in [0.2, 0.25) is 0 Å². The zero-order valence-corrected chi connectivity index (χ0v) is 18.1. The Kier molecular flexibility index (Phi) is 11.7. The summed E-state index contributed by atoms with van der Waals surface area (Å²) in [5.41, 5.74) is 0. The van der Waals surface area contributed by atoms with Crippen LogP contribution in [0.15, 0.2) is 34.1 Å². The van der Waals surface area contributed by atoms with Crippen LogP contribution in [0.1, 0.15) is 51.1 Å². The van der Waals surface area contributed by atoms with Crippen LogP contribution in [0.2, 0.25) is 0 Å². The van der Waals surface area contributed by atoms with Gasteiger partial charge in [-0.2, -0.15) is 0 Å². The average molecular weight is 474 g/mol. The summed E-state index contributed by atoms with van der Waals surface area (Å²) in [4.78, 5) is 4.61. The minimum atomic E-state index is 0. The van der Waals surface area contributed by atoms with E-state index in [4.69, 9.17) is 4.42 Å². The number of furan rings is 1. The number of nitrogens with zero attached hydrogens (tertiary/aromatic N) is 4. The molecular formula is C18H31IN6O. The number of guanidine groups is 1. The van der Waals surface area contributed by atoms with Gasteiger partial charge in [0.1, 0.15) is 24.5 Å². The molecule has 146 valence electrons. The predicted octanol–water partition coefficient (Wildman–Crippen LogP) is 3.37. The lowest BCUT2D eigenvalue weighted by Crippen LogP contribution is -2.39. The first kappa shape index (κ1) is 22.5. The molecule has 2 heterocycles. The molecule has 2 aromatic heterocycles. The molecule has 0 radical (unpaired) electrons. The fourth-order valence-corrected chi connectivity index (χ4v) is 2.53. The van der Waals surface area contributed by atoms with Crippen LogP contribution in [0.5, 0.6) is 0 Å². The summed E-state index contributed by atoms with van der Waals surface area (Å²) in [5.74, 6) is 2.68.